The van der Waals surface area contributed by atoms with Crippen LogP contribution >= 0.6 is 11.3 Å². The van der Waals surface area contributed by atoms with Crippen molar-refractivity contribution in [3.05, 3.63) is 77.9 Å². The Balaban J connectivity index is 1.45. The summed E-state index contributed by atoms with van der Waals surface area (Å²) in [4.78, 5) is 16.8. The van der Waals surface area contributed by atoms with Gasteiger partial charge < -0.3 is 10.6 Å². The third-order valence-corrected chi connectivity index (χ3v) is 5.45. The molecule has 0 radical (unpaired) electrons. The average molecular weight is 427 g/mol. The number of thiazole rings is 1. The molecule has 0 unspecified atom stereocenters. The molecule has 152 valence electrons. The van der Waals surface area contributed by atoms with Crippen molar-refractivity contribution in [2.24, 2.45) is 0 Å². The topological polar surface area (TPSA) is 54.0 Å². The first-order valence-electron chi connectivity index (χ1n) is 9.01. The van der Waals surface area contributed by atoms with Crippen LogP contribution < -0.4 is 10.6 Å². The summed E-state index contributed by atoms with van der Waals surface area (Å²) >= 11 is 1.59. The fourth-order valence-electron chi connectivity index (χ4n) is 2.92. The summed E-state index contributed by atoms with van der Waals surface area (Å²) in [6.07, 6.45) is -4.47. The number of alkyl halides is 3. The maximum Gasteiger partial charge on any atom is 0.416 e. The monoisotopic (exact) mass is 427 g/mol. The molecular weight excluding hydrogens is 411 g/mol. The van der Waals surface area contributed by atoms with Gasteiger partial charge in [0.15, 0.2) is 0 Å². The molecule has 30 heavy (non-hydrogen) atoms. The number of fused-ring (bicyclic) bond motifs is 1. The van der Waals surface area contributed by atoms with E-state index in [2.05, 4.69) is 21.7 Å². The minimum Gasteiger partial charge on any atom is -0.308 e. The van der Waals surface area contributed by atoms with Crippen LogP contribution in [0.1, 0.15) is 11.1 Å². The molecule has 0 saturated carbocycles. The zero-order valence-electron chi connectivity index (χ0n) is 15.7. The molecule has 0 fully saturated rings. The lowest BCUT2D eigenvalue weighted by Gasteiger charge is -2.11. The number of carbonyl (C=O) groups is 1. The highest BCUT2D eigenvalue weighted by molar-refractivity contribution is 7.21. The van der Waals surface area contributed by atoms with Crippen LogP contribution in [-0.4, -0.2) is 11.0 Å². The van der Waals surface area contributed by atoms with Gasteiger partial charge in [-0.3, -0.25) is 0 Å². The summed E-state index contributed by atoms with van der Waals surface area (Å²) in [7, 11) is 0. The van der Waals surface area contributed by atoms with E-state index in [1.807, 2.05) is 31.2 Å². The molecule has 0 aliphatic heterocycles. The Labute approximate surface area is 174 Å². The van der Waals surface area contributed by atoms with Gasteiger partial charge in [-0.1, -0.05) is 12.1 Å². The average Bonchev–Trinajstić information content (AvgIpc) is 3.11. The van der Waals surface area contributed by atoms with Crippen molar-refractivity contribution in [2.45, 2.75) is 13.1 Å². The first-order valence-corrected chi connectivity index (χ1v) is 9.82. The lowest BCUT2D eigenvalue weighted by Crippen LogP contribution is -2.19. The van der Waals surface area contributed by atoms with Crippen LogP contribution in [-0.2, 0) is 6.18 Å². The minimum atomic E-state index is -4.47. The maximum absolute atomic E-state index is 12.8. The van der Waals surface area contributed by atoms with Crippen LogP contribution in [0, 0.1) is 6.92 Å². The number of nitrogens with zero attached hydrogens (tertiary/aromatic N) is 1. The van der Waals surface area contributed by atoms with Gasteiger partial charge in [0.1, 0.15) is 5.01 Å². The molecule has 4 aromatic rings. The van der Waals surface area contributed by atoms with E-state index >= 15 is 0 Å². The number of benzene rings is 3. The van der Waals surface area contributed by atoms with E-state index in [0.717, 1.165) is 32.9 Å². The Kier molecular flexibility index (Phi) is 5.17. The van der Waals surface area contributed by atoms with Crippen molar-refractivity contribution >= 4 is 39.0 Å². The smallest absolute Gasteiger partial charge is 0.308 e. The Morgan fingerprint density at radius 3 is 2.40 bits per heavy atom. The first-order chi connectivity index (χ1) is 14.3. The zero-order valence-corrected chi connectivity index (χ0v) is 16.6. The Bertz CT molecular complexity index is 1220. The number of aryl methyl sites for hydroxylation is 1. The Hall–Kier alpha value is -3.39. The van der Waals surface area contributed by atoms with E-state index in [9.17, 15) is 18.0 Å². The molecule has 4 rings (SSSR count). The number of anilines is 2. The number of urea groups is 1. The molecule has 2 N–H and O–H groups in total. The van der Waals surface area contributed by atoms with Crippen LogP contribution in [0.2, 0.25) is 0 Å². The van der Waals surface area contributed by atoms with Crippen LogP contribution in [0.4, 0.5) is 29.3 Å². The molecule has 0 spiro atoms. The largest absolute Gasteiger partial charge is 0.416 e. The summed E-state index contributed by atoms with van der Waals surface area (Å²) in [5.41, 5.74) is 2.77. The van der Waals surface area contributed by atoms with Gasteiger partial charge in [-0.05, 0) is 67.1 Å². The lowest BCUT2D eigenvalue weighted by molar-refractivity contribution is -0.137. The molecule has 1 aromatic heterocycles. The van der Waals surface area contributed by atoms with E-state index in [-0.39, 0.29) is 5.69 Å². The molecule has 0 atom stereocenters. The second-order valence-electron chi connectivity index (χ2n) is 6.73. The molecule has 4 nitrogen and oxygen atoms in total. The van der Waals surface area contributed by atoms with E-state index in [1.165, 1.54) is 17.7 Å². The molecule has 0 saturated heterocycles. The second-order valence-corrected chi connectivity index (χ2v) is 7.76. The van der Waals surface area contributed by atoms with E-state index < -0.39 is 17.8 Å². The fraction of sp³-hybridized carbons (Fsp3) is 0.0909. The third kappa shape index (κ3) is 4.44. The molecule has 3 aromatic carbocycles. The second kappa shape index (κ2) is 7.79. The highest BCUT2D eigenvalue weighted by Crippen LogP contribution is 2.32. The van der Waals surface area contributed by atoms with Gasteiger partial charge in [0.25, 0.3) is 0 Å². The van der Waals surface area contributed by atoms with E-state index in [4.69, 9.17) is 0 Å². The standard InChI is InChI=1S/C22H16F3N3OS/c1-13-5-10-18-19(11-13)30-20(28-18)14-6-8-16(9-7-14)26-21(29)27-17-4-2-3-15(12-17)22(23,24)25/h2-12H,1H3,(H2,26,27,29). The fourth-order valence-corrected chi connectivity index (χ4v) is 3.99. The molecule has 0 aliphatic carbocycles. The van der Waals surface area contributed by atoms with Crippen LogP contribution in [0.15, 0.2) is 66.7 Å². The molecule has 0 aliphatic rings. The van der Waals surface area contributed by atoms with Crippen LogP contribution in [0.3, 0.4) is 0 Å². The zero-order chi connectivity index (χ0) is 21.3. The van der Waals surface area contributed by atoms with E-state index in [1.54, 1.807) is 23.5 Å². The molecular formula is C22H16F3N3OS. The predicted octanol–water partition coefficient (Wildman–Crippen LogP) is 6.93. The van der Waals surface area contributed by atoms with Gasteiger partial charge in [0, 0.05) is 16.9 Å². The molecule has 2 amide bonds. The number of amides is 2. The minimum absolute atomic E-state index is 0.0590. The molecule has 1 heterocycles. The number of hydrogen-bond donors (Lipinski definition) is 2. The number of halogens is 3. The van der Waals surface area contributed by atoms with Gasteiger partial charge >= 0.3 is 12.2 Å². The SMILES string of the molecule is Cc1ccc2nc(-c3ccc(NC(=O)Nc4cccc(C(F)(F)F)c4)cc3)sc2c1. The molecule has 0 bridgehead atoms. The van der Waals surface area contributed by atoms with Crippen molar-refractivity contribution in [1.29, 1.82) is 0 Å². The van der Waals surface area contributed by atoms with Gasteiger partial charge in [-0.25, -0.2) is 9.78 Å². The maximum atomic E-state index is 12.8. The van der Waals surface area contributed by atoms with Gasteiger partial charge in [0.2, 0.25) is 0 Å². The predicted molar refractivity (Wildman–Crippen MR) is 114 cm³/mol. The van der Waals surface area contributed by atoms with Gasteiger partial charge in [0.05, 0.1) is 15.8 Å². The third-order valence-electron chi connectivity index (χ3n) is 4.38. The Morgan fingerprint density at radius 2 is 1.67 bits per heavy atom. The summed E-state index contributed by atoms with van der Waals surface area (Å²) in [5.74, 6) is 0. The highest BCUT2D eigenvalue weighted by atomic mass is 32.1. The Morgan fingerprint density at radius 1 is 0.933 bits per heavy atom. The van der Waals surface area contributed by atoms with Crippen LogP contribution in [0.25, 0.3) is 20.8 Å². The number of rotatable bonds is 3. The van der Waals surface area contributed by atoms with Crippen molar-refractivity contribution in [3.63, 3.8) is 0 Å². The van der Waals surface area contributed by atoms with Crippen molar-refractivity contribution in [2.75, 3.05) is 10.6 Å². The summed E-state index contributed by atoms with van der Waals surface area (Å²) in [6, 6.07) is 17.1. The van der Waals surface area contributed by atoms with E-state index in [0.29, 0.717) is 5.69 Å². The number of carbonyl (C=O) groups excluding carboxylic acids is 1. The summed E-state index contributed by atoms with van der Waals surface area (Å²) in [5, 5.41) is 5.90. The summed E-state index contributed by atoms with van der Waals surface area (Å²) < 4.78 is 39.5. The molecule has 8 heteroatoms. The number of hydrogen-bond acceptors (Lipinski definition) is 3. The highest BCUT2D eigenvalue weighted by Gasteiger charge is 2.30. The normalized spacial score (nSPS) is 11.5. The van der Waals surface area contributed by atoms with Crippen molar-refractivity contribution < 1.29 is 18.0 Å². The van der Waals surface area contributed by atoms with Crippen LogP contribution in [0.5, 0.6) is 0 Å². The lowest BCUT2D eigenvalue weighted by atomic mass is 10.2. The van der Waals surface area contributed by atoms with Gasteiger partial charge in [-0.2, -0.15) is 13.2 Å². The van der Waals surface area contributed by atoms with Crippen molar-refractivity contribution in [1.82, 2.24) is 4.98 Å². The quantitative estimate of drug-likeness (QED) is 0.372. The number of nitrogens with one attached hydrogen (secondary N) is 2. The van der Waals surface area contributed by atoms with Crippen molar-refractivity contribution in [3.8, 4) is 10.6 Å². The number of aromatic nitrogens is 1. The summed E-state index contributed by atoms with van der Waals surface area (Å²) in [6.45, 7) is 2.03. The first kappa shape index (κ1) is 19.9. The van der Waals surface area contributed by atoms with Gasteiger partial charge in [-0.15, -0.1) is 11.3 Å².